The molecule has 2 fully saturated rings. The van der Waals surface area contributed by atoms with Gasteiger partial charge in [-0.25, -0.2) is 0 Å². The maximum atomic E-state index is 6.24. The molecule has 1 aliphatic heterocycles. The Kier molecular flexibility index (Phi) is 4.11. The summed E-state index contributed by atoms with van der Waals surface area (Å²) in [6.07, 6.45) is 5.07. The third kappa shape index (κ3) is 3.21. The summed E-state index contributed by atoms with van der Waals surface area (Å²) in [5.74, 6) is 1.62. The van der Waals surface area contributed by atoms with Crippen LogP contribution in [0.5, 0.6) is 0 Å². The van der Waals surface area contributed by atoms with Crippen molar-refractivity contribution in [2.75, 3.05) is 26.7 Å². The third-order valence-corrected chi connectivity index (χ3v) is 4.81. The van der Waals surface area contributed by atoms with E-state index < -0.39 is 0 Å². The zero-order valence-corrected chi connectivity index (χ0v) is 11.6. The molecule has 2 N–H and O–H groups in total. The molecule has 1 heterocycles. The maximum absolute atomic E-state index is 6.24. The third-order valence-electron chi connectivity index (χ3n) is 4.81. The van der Waals surface area contributed by atoms with Crippen molar-refractivity contribution >= 4 is 0 Å². The van der Waals surface area contributed by atoms with Gasteiger partial charge in [0, 0.05) is 32.8 Å². The molecule has 0 amide bonds. The van der Waals surface area contributed by atoms with Crippen LogP contribution in [0.25, 0.3) is 0 Å². The van der Waals surface area contributed by atoms with Crippen molar-refractivity contribution < 1.29 is 4.74 Å². The van der Waals surface area contributed by atoms with Gasteiger partial charge in [-0.2, -0.15) is 0 Å². The van der Waals surface area contributed by atoms with Crippen LogP contribution in [0.15, 0.2) is 0 Å². The van der Waals surface area contributed by atoms with Gasteiger partial charge in [0.1, 0.15) is 0 Å². The summed E-state index contributed by atoms with van der Waals surface area (Å²) in [7, 11) is 1.81. The Morgan fingerprint density at radius 2 is 2.06 bits per heavy atom. The second-order valence-corrected chi connectivity index (χ2v) is 6.49. The summed E-state index contributed by atoms with van der Waals surface area (Å²) < 4.78 is 5.49. The molecule has 0 bridgehead atoms. The van der Waals surface area contributed by atoms with E-state index in [-0.39, 0.29) is 5.60 Å². The SMILES string of the molecule is COC(C)(C)CCN1CC2CCCC(N)C2C1. The summed E-state index contributed by atoms with van der Waals surface area (Å²) in [5.41, 5.74) is 6.25. The van der Waals surface area contributed by atoms with Crippen LogP contribution in [-0.4, -0.2) is 43.3 Å². The Balaban J connectivity index is 1.81. The number of rotatable bonds is 4. The minimum absolute atomic E-state index is 0.00980. The highest BCUT2D eigenvalue weighted by Gasteiger charge is 2.38. The lowest BCUT2D eigenvalue weighted by Crippen LogP contribution is -2.38. The van der Waals surface area contributed by atoms with E-state index >= 15 is 0 Å². The standard InChI is InChI=1S/C14H28N2O/c1-14(2,17-3)7-8-16-9-11-5-4-6-13(15)12(11)10-16/h11-13H,4-10,15H2,1-3H3. The average molecular weight is 240 g/mol. The van der Waals surface area contributed by atoms with Crippen molar-refractivity contribution in [3.8, 4) is 0 Å². The Morgan fingerprint density at radius 3 is 2.71 bits per heavy atom. The number of hydrogen-bond acceptors (Lipinski definition) is 3. The molecule has 0 radical (unpaired) electrons. The molecule has 3 heteroatoms. The number of methoxy groups -OCH3 is 1. The fraction of sp³-hybridized carbons (Fsp3) is 1.00. The Labute approximate surface area is 106 Å². The lowest BCUT2D eigenvalue weighted by Gasteiger charge is -2.30. The predicted molar refractivity (Wildman–Crippen MR) is 71.0 cm³/mol. The molecule has 2 rings (SSSR count). The van der Waals surface area contributed by atoms with Crippen LogP contribution in [0.1, 0.15) is 39.5 Å². The second kappa shape index (κ2) is 5.25. The Morgan fingerprint density at radius 1 is 1.29 bits per heavy atom. The first-order valence-electron chi connectivity index (χ1n) is 7.05. The summed E-state index contributed by atoms with van der Waals surface area (Å²) in [4.78, 5) is 2.60. The molecular weight excluding hydrogens is 212 g/mol. The van der Waals surface area contributed by atoms with E-state index in [1.807, 2.05) is 0 Å². The molecule has 0 spiro atoms. The molecule has 3 atom stereocenters. The minimum Gasteiger partial charge on any atom is -0.379 e. The van der Waals surface area contributed by atoms with Crippen LogP contribution < -0.4 is 5.73 Å². The second-order valence-electron chi connectivity index (χ2n) is 6.49. The number of likely N-dealkylation sites (tertiary alicyclic amines) is 1. The van der Waals surface area contributed by atoms with Gasteiger partial charge in [0.2, 0.25) is 0 Å². The number of nitrogens with zero attached hydrogens (tertiary/aromatic N) is 1. The van der Waals surface area contributed by atoms with Crippen LogP contribution in [-0.2, 0) is 4.74 Å². The van der Waals surface area contributed by atoms with E-state index in [4.69, 9.17) is 10.5 Å². The van der Waals surface area contributed by atoms with Crippen LogP contribution in [0.4, 0.5) is 0 Å². The molecular formula is C14H28N2O. The molecule has 0 aromatic rings. The maximum Gasteiger partial charge on any atom is 0.0634 e. The topological polar surface area (TPSA) is 38.5 Å². The zero-order chi connectivity index (χ0) is 12.5. The minimum atomic E-state index is 0.00980. The predicted octanol–water partition coefficient (Wildman–Crippen LogP) is 1.86. The van der Waals surface area contributed by atoms with E-state index in [0.717, 1.165) is 24.8 Å². The van der Waals surface area contributed by atoms with Gasteiger partial charge in [0.05, 0.1) is 5.60 Å². The summed E-state index contributed by atoms with van der Waals surface area (Å²) in [6, 6.07) is 0.453. The summed E-state index contributed by atoms with van der Waals surface area (Å²) in [6.45, 7) is 7.97. The van der Waals surface area contributed by atoms with E-state index in [1.165, 1.54) is 32.4 Å². The number of nitrogens with two attached hydrogens (primary N) is 1. The van der Waals surface area contributed by atoms with E-state index in [1.54, 1.807) is 7.11 Å². The fourth-order valence-electron chi connectivity index (χ4n) is 3.32. The van der Waals surface area contributed by atoms with Crippen LogP contribution in [0.2, 0.25) is 0 Å². The molecule has 3 unspecified atom stereocenters. The van der Waals surface area contributed by atoms with Crippen LogP contribution in [0.3, 0.4) is 0 Å². The molecule has 1 saturated heterocycles. The number of fused-ring (bicyclic) bond motifs is 1. The molecule has 0 aromatic carbocycles. The monoisotopic (exact) mass is 240 g/mol. The van der Waals surface area contributed by atoms with Gasteiger partial charge in [0.15, 0.2) is 0 Å². The Hall–Kier alpha value is -0.120. The highest BCUT2D eigenvalue weighted by molar-refractivity contribution is 4.93. The average Bonchev–Trinajstić information content (AvgIpc) is 2.71. The highest BCUT2D eigenvalue weighted by atomic mass is 16.5. The van der Waals surface area contributed by atoms with Crippen molar-refractivity contribution in [1.29, 1.82) is 0 Å². The van der Waals surface area contributed by atoms with Crippen molar-refractivity contribution in [3.63, 3.8) is 0 Å². The smallest absolute Gasteiger partial charge is 0.0634 e. The first-order chi connectivity index (χ1) is 8.02. The van der Waals surface area contributed by atoms with Crippen molar-refractivity contribution in [2.45, 2.75) is 51.2 Å². The van der Waals surface area contributed by atoms with Gasteiger partial charge in [-0.15, -0.1) is 0 Å². The van der Waals surface area contributed by atoms with E-state index in [0.29, 0.717) is 6.04 Å². The number of hydrogen-bond donors (Lipinski definition) is 1. The molecule has 0 aromatic heterocycles. The molecule has 1 saturated carbocycles. The highest BCUT2D eigenvalue weighted by Crippen LogP contribution is 2.35. The van der Waals surface area contributed by atoms with Crippen molar-refractivity contribution in [3.05, 3.63) is 0 Å². The van der Waals surface area contributed by atoms with Crippen LogP contribution in [0, 0.1) is 11.8 Å². The van der Waals surface area contributed by atoms with Gasteiger partial charge < -0.3 is 15.4 Å². The lowest BCUT2D eigenvalue weighted by atomic mass is 9.78. The van der Waals surface area contributed by atoms with Crippen molar-refractivity contribution in [2.24, 2.45) is 17.6 Å². The van der Waals surface area contributed by atoms with Crippen LogP contribution >= 0.6 is 0 Å². The first-order valence-corrected chi connectivity index (χ1v) is 7.05. The first kappa shape index (κ1) is 13.3. The molecule has 100 valence electrons. The lowest BCUT2D eigenvalue weighted by molar-refractivity contribution is 0.00862. The van der Waals surface area contributed by atoms with Gasteiger partial charge >= 0.3 is 0 Å². The summed E-state index contributed by atoms with van der Waals surface area (Å²) in [5, 5.41) is 0. The van der Waals surface area contributed by atoms with Gasteiger partial charge in [-0.05, 0) is 44.9 Å². The van der Waals surface area contributed by atoms with Gasteiger partial charge in [-0.1, -0.05) is 6.42 Å². The quantitative estimate of drug-likeness (QED) is 0.815. The molecule has 1 aliphatic carbocycles. The van der Waals surface area contributed by atoms with Gasteiger partial charge in [-0.3, -0.25) is 0 Å². The largest absolute Gasteiger partial charge is 0.379 e. The zero-order valence-electron chi connectivity index (χ0n) is 11.6. The van der Waals surface area contributed by atoms with Crippen molar-refractivity contribution in [1.82, 2.24) is 4.90 Å². The van der Waals surface area contributed by atoms with E-state index in [9.17, 15) is 0 Å². The van der Waals surface area contributed by atoms with Gasteiger partial charge in [0.25, 0.3) is 0 Å². The van der Waals surface area contributed by atoms with E-state index in [2.05, 4.69) is 18.7 Å². The molecule has 2 aliphatic rings. The Bertz CT molecular complexity index is 255. The number of ether oxygens (including phenoxy) is 1. The normalized spacial score (nSPS) is 34.9. The summed E-state index contributed by atoms with van der Waals surface area (Å²) >= 11 is 0. The molecule has 3 nitrogen and oxygen atoms in total. The molecule has 17 heavy (non-hydrogen) atoms. The fourth-order valence-corrected chi connectivity index (χ4v) is 3.32.